The molecule has 0 radical (unpaired) electrons. The predicted molar refractivity (Wildman–Crippen MR) is 116 cm³/mol. The molecule has 2 aromatic carbocycles. The summed E-state index contributed by atoms with van der Waals surface area (Å²) >= 11 is 0. The number of carbonyl (C=O) groups excluding carboxylic acids is 1. The summed E-state index contributed by atoms with van der Waals surface area (Å²) in [7, 11) is 0. The number of halogens is 1. The minimum absolute atomic E-state index is 0.108. The lowest BCUT2D eigenvalue weighted by atomic mass is 10.0. The average molecular weight is 420 g/mol. The smallest absolute Gasteiger partial charge is 0.251 e. The van der Waals surface area contributed by atoms with E-state index in [9.17, 15) is 9.18 Å². The van der Waals surface area contributed by atoms with Crippen LogP contribution in [0.15, 0.2) is 54.7 Å². The number of rotatable bonds is 4. The SMILES string of the molecule is O=C(C1CCCO1)N1CCC(Oc2ccc(-c3cnc4cc(F)ccc4c3)cc2)CC1. The second-order valence-electron chi connectivity index (χ2n) is 8.23. The summed E-state index contributed by atoms with van der Waals surface area (Å²) in [6.45, 7) is 2.12. The van der Waals surface area contributed by atoms with Gasteiger partial charge in [-0.05, 0) is 48.7 Å². The largest absolute Gasteiger partial charge is 0.490 e. The van der Waals surface area contributed by atoms with Crippen LogP contribution in [-0.2, 0) is 9.53 Å². The Labute approximate surface area is 180 Å². The first kappa shape index (κ1) is 19.9. The molecule has 6 heteroatoms. The van der Waals surface area contributed by atoms with Gasteiger partial charge in [-0.1, -0.05) is 12.1 Å². The van der Waals surface area contributed by atoms with Crippen molar-refractivity contribution < 1.29 is 18.7 Å². The molecule has 0 spiro atoms. The lowest BCUT2D eigenvalue weighted by molar-refractivity contribution is -0.142. The van der Waals surface area contributed by atoms with Gasteiger partial charge in [0, 0.05) is 55.8 Å². The number of benzene rings is 2. The number of likely N-dealkylation sites (tertiary alicyclic amines) is 1. The standard InChI is InChI=1S/C25H25FN2O3/c26-20-6-3-18-14-19(16-27-23(18)15-20)17-4-7-21(8-5-17)31-22-9-11-28(12-10-22)25(29)24-2-1-13-30-24/h3-8,14-16,22,24H,1-2,9-13H2. The molecule has 1 aromatic heterocycles. The van der Waals surface area contributed by atoms with Gasteiger partial charge in [0.15, 0.2) is 0 Å². The Morgan fingerprint density at radius 3 is 2.58 bits per heavy atom. The lowest BCUT2D eigenvalue weighted by Gasteiger charge is -2.33. The molecular formula is C25H25FN2O3. The summed E-state index contributed by atoms with van der Waals surface area (Å²) < 4.78 is 25.0. The van der Waals surface area contributed by atoms with Crippen LogP contribution in [0, 0.1) is 5.82 Å². The van der Waals surface area contributed by atoms with Crippen molar-refractivity contribution in [1.82, 2.24) is 9.88 Å². The Bertz CT molecular complexity index is 1070. The van der Waals surface area contributed by atoms with E-state index in [1.807, 2.05) is 35.2 Å². The van der Waals surface area contributed by atoms with E-state index < -0.39 is 0 Å². The Kier molecular flexibility index (Phi) is 5.55. The minimum atomic E-state index is -0.281. The molecule has 0 bridgehead atoms. The van der Waals surface area contributed by atoms with E-state index in [1.54, 1.807) is 12.3 Å². The maximum absolute atomic E-state index is 13.3. The molecule has 0 saturated carbocycles. The molecule has 3 heterocycles. The van der Waals surface area contributed by atoms with Gasteiger partial charge in [-0.3, -0.25) is 9.78 Å². The molecule has 5 nitrogen and oxygen atoms in total. The fraction of sp³-hybridized carbons (Fsp3) is 0.360. The number of hydrogen-bond acceptors (Lipinski definition) is 4. The summed E-state index contributed by atoms with van der Waals surface area (Å²) in [5, 5.41) is 0.906. The molecule has 1 amide bonds. The van der Waals surface area contributed by atoms with Crippen LogP contribution in [-0.4, -0.2) is 47.7 Å². The van der Waals surface area contributed by atoms with Gasteiger partial charge in [-0.25, -0.2) is 4.39 Å². The van der Waals surface area contributed by atoms with E-state index in [1.165, 1.54) is 12.1 Å². The fourth-order valence-corrected chi connectivity index (χ4v) is 4.34. The fourth-order valence-electron chi connectivity index (χ4n) is 4.34. The molecule has 2 aliphatic heterocycles. The van der Waals surface area contributed by atoms with Crippen LogP contribution in [0.5, 0.6) is 5.75 Å². The summed E-state index contributed by atoms with van der Waals surface area (Å²) in [5.74, 6) is 0.673. The van der Waals surface area contributed by atoms with Crippen molar-refractivity contribution >= 4 is 16.8 Å². The van der Waals surface area contributed by atoms with Gasteiger partial charge in [0.1, 0.15) is 23.8 Å². The van der Waals surface area contributed by atoms with E-state index in [-0.39, 0.29) is 23.9 Å². The van der Waals surface area contributed by atoms with Gasteiger partial charge >= 0.3 is 0 Å². The van der Waals surface area contributed by atoms with Crippen molar-refractivity contribution in [2.45, 2.75) is 37.9 Å². The Morgan fingerprint density at radius 1 is 1.03 bits per heavy atom. The van der Waals surface area contributed by atoms with Gasteiger partial charge in [0.2, 0.25) is 0 Å². The van der Waals surface area contributed by atoms with Crippen LogP contribution in [0.4, 0.5) is 4.39 Å². The molecule has 5 rings (SSSR count). The van der Waals surface area contributed by atoms with Crippen LogP contribution in [0.1, 0.15) is 25.7 Å². The monoisotopic (exact) mass is 420 g/mol. The number of ether oxygens (including phenoxy) is 2. The highest BCUT2D eigenvalue weighted by Crippen LogP contribution is 2.27. The minimum Gasteiger partial charge on any atom is -0.490 e. The number of carbonyl (C=O) groups is 1. The van der Waals surface area contributed by atoms with E-state index in [0.717, 1.165) is 47.9 Å². The number of nitrogens with zero attached hydrogens (tertiary/aromatic N) is 2. The number of hydrogen-bond donors (Lipinski definition) is 0. The second-order valence-corrected chi connectivity index (χ2v) is 8.23. The molecule has 2 fully saturated rings. The third-order valence-corrected chi connectivity index (χ3v) is 6.10. The molecular weight excluding hydrogens is 395 g/mol. The van der Waals surface area contributed by atoms with Crippen LogP contribution in [0.3, 0.4) is 0 Å². The summed E-state index contributed by atoms with van der Waals surface area (Å²) in [4.78, 5) is 18.8. The lowest BCUT2D eigenvalue weighted by Crippen LogP contribution is -2.45. The second kappa shape index (κ2) is 8.63. The summed E-state index contributed by atoms with van der Waals surface area (Å²) in [6.07, 6.45) is 5.09. The van der Waals surface area contributed by atoms with Gasteiger partial charge in [-0.2, -0.15) is 0 Å². The maximum atomic E-state index is 13.3. The summed E-state index contributed by atoms with van der Waals surface area (Å²) in [5.41, 5.74) is 2.66. The van der Waals surface area contributed by atoms with Crippen LogP contribution >= 0.6 is 0 Å². The van der Waals surface area contributed by atoms with Crippen molar-refractivity contribution in [3.05, 3.63) is 60.5 Å². The zero-order valence-electron chi connectivity index (χ0n) is 17.3. The third-order valence-electron chi connectivity index (χ3n) is 6.10. The predicted octanol–water partition coefficient (Wildman–Crippen LogP) is 4.59. The number of fused-ring (bicyclic) bond motifs is 1. The molecule has 2 saturated heterocycles. The Hall–Kier alpha value is -2.99. The van der Waals surface area contributed by atoms with Gasteiger partial charge in [0.25, 0.3) is 5.91 Å². The van der Waals surface area contributed by atoms with Crippen LogP contribution < -0.4 is 4.74 Å². The average Bonchev–Trinajstić information content (AvgIpc) is 3.34. The zero-order valence-corrected chi connectivity index (χ0v) is 17.3. The van der Waals surface area contributed by atoms with Crippen molar-refractivity contribution in [3.8, 4) is 16.9 Å². The normalized spacial score (nSPS) is 19.6. The van der Waals surface area contributed by atoms with Crippen LogP contribution in [0.25, 0.3) is 22.0 Å². The molecule has 160 valence electrons. The number of piperidine rings is 1. The van der Waals surface area contributed by atoms with Crippen molar-refractivity contribution in [2.75, 3.05) is 19.7 Å². The first-order valence-corrected chi connectivity index (χ1v) is 10.9. The van der Waals surface area contributed by atoms with Gasteiger partial charge in [0.05, 0.1) is 5.52 Å². The first-order valence-electron chi connectivity index (χ1n) is 10.9. The van der Waals surface area contributed by atoms with Crippen molar-refractivity contribution in [2.24, 2.45) is 0 Å². The third kappa shape index (κ3) is 4.39. The highest BCUT2D eigenvalue weighted by atomic mass is 19.1. The first-order chi connectivity index (χ1) is 15.2. The molecule has 0 aliphatic carbocycles. The van der Waals surface area contributed by atoms with Crippen LogP contribution in [0.2, 0.25) is 0 Å². The number of pyridine rings is 1. The maximum Gasteiger partial charge on any atom is 0.251 e. The number of amides is 1. The van der Waals surface area contributed by atoms with Gasteiger partial charge < -0.3 is 14.4 Å². The molecule has 3 aromatic rings. The van der Waals surface area contributed by atoms with E-state index >= 15 is 0 Å². The highest BCUT2D eigenvalue weighted by molar-refractivity contribution is 5.83. The topological polar surface area (TPSA) is 51.7 Å². The molecule has 1 atom stereocenters. The van der Waals surface area contributed by atoms with Crippen molar-refractivity contribution in [3.63, 3.8) is 0 Å². The molecule has 2 aliphatic rings. The number of aromatic nitrogens is 1. The molecule has 31 heavy (non-hydrogen) atoms. The molecule has 0 N–H and O–H groups in total. The quantitative estimate of drug-likeness (QED) is 0.620. The Morgan fingerprint density at radius 2 is 1.84 bits per heavy atom. The Balaban J connectivity index is 1.19. The zero-order chi connectivity index (χ0) is 21.2. The highest BCUT2D eigenvalue weighted by Gasteiger charge is 2.31. The van der Waals surface area contributed by atoms with Gasteiger partial charge in [-0.15, -0.1) is 0 Å². The van der Waals surface area contributed by atoms with E-state index in [4.69, 9.17) is 9.47 Å². The van der Waals surface area contributed by atoms with Crippen molar-refractivity contribution in [1.29, 1.82) is 0 Å². The summed E-state index contributed by atoms with van der Waals surface area (Å²) in [6, 6.07) is 14.6. The van der Waals surface area contributed by atoms with E-state index in [2.05, 4.69) is 4.98 Å². The van der Waals surface area contributed by atoms with E-state index in [0.29, 0.717) is 25.2 Å². The molecule has 1 unspecified atom stereocenters.